The van der Waals surface area contributed by atoms with Crippen molar-refractivity contribution in [1.82, 2.24) is 10.2 Å². The molecule has 1 atom stereocenters. The molecular weight excluding hydrogens is 302 g/mol. The highest BCUT2D eigenvalue weighted by Gasteiger charge is 2.30. The van der Waals surface area contributed by atoms with Gasteiger partial charge >= 0.3 is 0 Å². The van der Waals surface area contributed by atoms with Crippen LogP contribution in [0.25, 0.3) is 0 Å². The van der Waals surface area contributed by atoms with Crippen LogP contribution in [0, 0.1) is 5.41 Å². The molecule has 3 nitrogen and oxygen atoms in total. The normalized spacial score (nSPS) is 19.4. The smallest absolute Gasteiger partial charge is 0.0359 e. The van der Waals surface area contributed by atoms with Crippen LogP contribution < -0.4 is 11.1 Å². The molecule has 0 amide bonds. The number of nitrogens with one attached hydrogen (secondary N) is 1. The van der Waals surface area contributed by atoms with Gasteiger partial charge < -0.3 is 16.0 Å². The Hall–Kier alpha value is -0.420. The standard InChI is InChI=1S/C15H24BrN3/c1-15(2,11-19-9-7-18-8-10-19)14(17)12-3-5-13(16)6-4-12/h3-6,14,18H,7-11,17H2,1-2H3. The molecule has 1 aliphatic rings. The molecule has 0 spiro atoms. The fourth-order valence-electron chi connectivity index (χ4n) is 2.67. The van der Waals surface area contributed by atoms with Gasteiger partial charge in [0.25, 0.3) is 0 Å². The molecule has 1 saturated heterocycles. The van der Waals surface area contributed by atoms with Crippen molar-refractivity contribution in [3.05, 3.63) is 34.3 Å². The topological polar surface area (TPSA) is 41.3 Å². The minimum absolute atomic E-state index is 0.0653. The van der Waals surface area contributed by atoms with E-state index in [-0.39, 0.29) is 11.5 Å². The van der Waals surface area contributed by atoms with Crippen LogP contribution in [0.5, 0.6) is 0 Å². The first-order valence-electron chi connectivity index (χ1n) is 6.93. The molecular formula is C15H24BrN3. The zero-order valence-corrected chi connectivity index (χ0v) is 13.4. The van der Waals surface area contributed by atoms with Crippen LogP contribution in [0.2, 0.25) is 0 Å². The van der Waals surface area contributed by atoms with Crippen LogP contribution in [0.15, 0.2) is 28.7 Å². The molecule has 106 valence electrons. The van der Waals surface area contributed by atoms with Crippen molar-refractivity contribution in [3.63, 3.8) is 0 Å². The summed E-state index contributed by atoms with van der Waals surface area (Å²) in [5.41, 5.74) is 7.77. The summed E-state index contributed by atoms with van der Waals surface area (Å²) in [6.45, 7) is 10.00. The molecule has 19 heavy (non-hydrogen) atoms. The second-order valence-corrected chi connectivity index (χ2v) is 6.96. The Kier molecular flexibility index (Phi) is 5.01. The first-order valence-corrected chi connectivity index (χ1v) is 7.72. The maximum atomic E-state index is 6.48. The maximum absolute atomic E-state index is 6.48. The van der Waals surface area contributed by atoms with Gasteiger partial charge in [-0.1, -0.05) is 41.9 Å². The molecule has 0 saturated carbocycles. The predicted molar refractivity (Wildman–Crippen MR) is 84.2 cm³/mol. The molecule has 2 rings (SSSR count). The summed E-state index contributed by atoms with van der Waals surface area (Å²) in [4.78, 5) is 2.51. The third-order valence-corrected chi connectivity index (χ3v) is 4.44. The van der Waals surface area contributed by atoms with Crippen molar-refractivity contribution in [2.24, 2.45) is 11.1 Å². The van der Waals surface area contributed by atoms with Crippen LogP contribution in [-0.2, 0) is 0 Å². The third-order valence-electron chi connectivity index (χ3n) is 3.91. The van der Waals surface area contributed by atoms with Crippen molar-refractivity contribution in [3.8, 4) is 0 Å². The quantitative estimate of drug-likeness (QED) is 0.893. The van der Waals surface area contributed by atoms with Crippen LogP contribution >= 0.6 is 15.9 Å². The van der Waals surface area contributed by atoms with E-state index >= 15 is 0 Å². The molecule has 0 bridgehead atoms. The first kappa shape index (κ1) is 15.0. The SMILES string of the molecule is CC(C)(CN1CCNCC1)C(N)c1ccc(Br)cc1. The van der Waals surface area contributed by atoms with E-state index in [1.54, 1.807) is 0 Å². The summed E-state index contributed by atoms with van der Waals surface area (Å²) >= 11 is 3.47. The molecule has 1 fully saturated rings. The van der Waals surface area contributed by atoms with E-state index in [2.05, 4.69) is 64.3 Å². The molecule has 4 heteroatoms. The lowest BCUT2D eigenvalue weighted by Gasteiger charge is -2.38. The molecule has 1 unspecified atom stereocenters. The number of halogens is 1. The summed E-state index contributed by atoms with van der Waals surface area (Å²) in [6.07, 6.45) is 0. The van der Waals surface area contributed by atoms with Crippen molar-refractivity contribution in [1.29, 1.82) is 0 Å². The molecule has 1 heterocycles. The van der Waals surface area contributed by atoms with Gasteiger partial charge in [0.05, 0.1) is 0 Å². The van der Waals surface area contributed by atoms with E-state index in [1.165, 1.54) is 5.56 Å². The fraction of sp³-hybridized carbons (Fsp3) is 0.600. The van der Waals surface area contributed by atoms with Gasteiger partial charge in [-0.05, 0) is 23.1 Å². The zero-order chi connectivity index (χ0) is 13.9. The lowest BCUT2D eigenvalue weighted by Crippen LogP contribution is -2.49. The number of rotatable bonds is 4. The molecule has 0 radical (unpaired) electrons. The summed E-state index contributed by atoms with van der Waals surface area (Å²) in [5, 5.41) is 3.39. The molecule has 1 aromatic carbocycles. The summed E-state index contributed by atoms with van der Waals surface area (Å²) in [6, 6.07) is 8.44. The van der Waals surface area contributed by atoms with Gasteiger partial charge in [0.2, 0.25) is 0 Å². The molecule has 1 aliphatic heterocycles. The van der Waals surface area contributed by atoms with Crippen LogP contribution in [0.1, 0.15) is 25.5 Å². The zero-order valence-electron chi connectivity index (χ0n) is 11.8. The molecule has 3 N–H and O–H groups in total. The Balaban J connectivity index is 2.02. The largest absolute Gasteiger partial charge is 0.323 e. The van der Waals surface area contributed by atoms with Crippen molar-refractivity contribution in [2.75, 3.05) is 32.7 Å². The molecule has 1 aromatic rings. The number of hydrogen-bond donors (Lipinski definition) is 2. The third kappa shape index (κ3) is 4.02. The van der Waals surface area contributed by atoms with Crippen molar-refractivity contribution < 1.29 is 0 Å². The highest BCUT2D eigenvalue weighted by Crippen LogP contribution is 2.32. The Bertz CT molecular complexity index is 396. The van der Waals surface area contributed by atoms with E-state index in [0.717, 1.165) is 37.2 Å². The minimum Gasteiger partial charge on any atom is -0.323 e. The predicted octanol–water partition coefficient (Wildman–Crippen LogP) is 2.38. The summed E-state index contributed by atoms with van der Waals surface area (Å²) < 4.78 is 1.10. The second kappa shape index (κ2) is 6.35. The number of benzene rings is 1. The van der Waals surface area contributed by atoms with E-state index in [9.17, 15) is 0 Å². The number of hydrogen-bond acceptors (Lipinski definition) is 3. The number of piperazine rings is 1. The Morgan fingerprint density at radius 1 is 1.26 bits per heavy atom. The Morgan fingerprint density at radius 3 is 2.42 bits per heavy atom. The first-order chi connectivity index (χ1) is 8.99. The van der Waals surface area contributed by atoms with Gasteiger partial charge in [-0.3, -0.25) is 0 Å². The average Bonchev–Trinajstić information content (AvgIpc) is 2.39. The average molecular weight is 326 g/mol. The lowest BCUT2D eigenvalue weighted by atomic mass is 9.80. The second-order valence-electron chi connectivity index (χ2n) is 6.04. The van der Waals surface area contributed by atoms with Crippen LogP contribution in [0.3, 0.4) is 0 Å². The van der Waals surface area contributed by atoms with Gasteiger partial charge in [-0.25, -0.2) is 0 Å². The van der Waals surface area contributed by atoms with E-state index < -0.39 is 0 Å². The van der Waals surface area contributed by atoms with Crippen molar-refractivity contribution >= 4 is 15.9 Å². The minimum atomic E-state index is 0.0653. The van der Waals surface area contributed by atoms with Gasteiger partial charge in [-0.15, -0.1) is 0 Å². The Morgan fingerprint density at radius 2 is 1.84 bits per heavy atom. The maximum Gasteiger partial charge on any atom is 0.0359 e. The fourth-order valence-corrected chi connectivity index (χ4v) is 2.93. The van der Waals surface area contributed by atoms with E-state index in [1.807, 2.05) is 0 Å². The highest BCUT2D eigenvalue weighted by atomic mass is 79.9. The number of nitrogens with two attached hydrogens (primary N) is 1. The van der Waals surface area contributed by atoms with Crippen LogP contribution in [0.4, 0.5) is 0 Å². The van der Waals surface area contributed by atoms with Crippen LogP contribution in [-0.4, -0.2) is 37.6 Å². The Labute approximate surface area is 124 Å². The van der Waals surface area contributed by atoms with Gasteiger partial charge in [-0.2, -0.15) is 0 Å². The molecule has 0 aromatic heterocycles. The lowest BCUT2D eigenvalue weighted by molar-refractivity contribution is 0.139. The van der Waals surface area contributed by atoms with Gasteiger partial charge in [0.15, 0.2) is 0 Å². The van der Waals surface area contributed by atoms with Gasteiger partial charge in [0.1, 0.15) is 0 Å². The summed E-state index contributed by atoms with van der Waals surface area (Å²) in [7, 11) is 0. The van der Waals surface area contributed by atoms with E-state index in [4.69, 9.17) is 5.73 Å². The highest BCUT2D eigenvalue weighted by molar-refractivity contribution is 9.10. The number of nitrogens with zero attached hydrogens (tertiary/aromatic N) is 1. The summed E-state index contributed by atoms with van der Waals surface area (Å²) in [5.74, 6) is 0. The molecule has 0 aliphatic carbocycles. The van der Waals surface area contributed by atoms with E-state index in [0.29, 0.717) is 0 Å². The van der Waals surface area contributed by atoms with Crippen molar-refractivity contribution in [2.45, 2.75) is 19.9 Å². The monoisotopic (exact) mass is 325 g/mol. The van der Waals surface area contributed by atoms with Gasteiger partial charge in [0, 0.05) is 43.2 Å².